The van der Waals surface area contributed by atoms with Crippen LogP contribution < -0.4 is 0 Å². The van der Waals surface area contributed by atoms with E-state index in [0.29, 0.717) is 6.61 Å². The van der Waals surface area contributed by atoms with Gasteiger partial charge in [0.25, 0.3) is 0 Å². The number of unbranched alkanes of at least 4 members (excludes halogenated alkanes) is 2. The Balaban J connectivity index is 3.97. The Hall–Kier alpha value is -0.810. The third-order valence-electron chi connectivity index (χ3n) is 3.09. The highest BCUT2D eigenvalue weighted by molar-refractivity contribution is 5.67. The molecule has 0 aromatic rings. The Labute approximate surface area is 124 Å². The maximum atomic E-state index is 11.9. The molecule has 0 saturated carbocycles. The van der Waals surface area contributed by atoms with Gasteiger partial charge in [-0.05, 0) is 73.9 Å². The van der Waals surface area contributed by atoms with Crippen molar-refractivity contribution in [3.05, 3.63) is 0 Å². The third kappa shape index (κ3) is 11.1. The number of ether oxygens (including phenoxy) is 1. The fourth-order valence-electron chi connectivity index (χ4n) is 1.97. The molecule has 20 heavy (non-hydrogen) atoms. The molecule has 0 spiro atoms. The van der Waals surface area contributed by atoms with E-state index in [-0.39, 0.29) is 6.09 Å². The highest BCUT2D eigenvalue weighted by atomic mass is 16.6. The van der Waals surface area contributed by atoms with Gasteiger partial charge in [0.1, 0.15) is 0 Å². The van der Waals surface area contributed by atoms with Crippen molar-refractivity contribution < 1.29 is 9.53 Å². The first-order valence-electron chi connectivity index (χ1n) is 7.68. The molecule has 0 unspecified atom stereocenters. The molecule has 1 amide bonds. The van der Waals surface area contributed by atoms with E-state index in [1.807, 2.05) is 11.8 Å². The van der Waals surface area contributed by atoms with Crippen LogP contribution in [0, 0.1) is 0 Å². The highest BCUT2D eigenvalue weighted by Gasteiger charge is 2.13. The molecule has 120 valence electrons. The first-order chi connectivity index (χ1) is 9.47. The van der Waals surface area contributed by atoms with E-state index >= 15 is 0 Å². The van der Waals surface area contributed by atoms with E-state index in [1.165, 1.54) is 0 Å². The van der Waals surface area contributed by atoms with Gasteiger partial charge in [0.05, 0.1) is 6.61 Å². The summed E-state index contributed by atoms with van der Waals surface area (Å²) in [5, 5.41) is 0. The normalized spacial score (nSPS) is 11.2. The van der Waals surface area contributed by atoms with E-state index < -0.39 is 0 Å². The second kappa shape index (κ2) is 12.0. The van der Waals surface area contributed by atoms with Gasteiger partial charge in [-0.15, -0.1) is 0 Å². The zero-order valence-corrected chi connectivity index (χ0v) is 14.0. The molecule has 5 nitrogen and oxygen atoms in total. The molecule has 0 aromatic carbocycles. The summed E-state index contributed by atoms with van der Waals surface area (Å²) < 4.78 is 5.13. The number of amides is 1. The monoisotopic (exact) mass is 287 g/mol. The Bertz CT molecular complexity index is 229. The SMILES string of the molecule is CCOC(=O)N(CCCCN(C)C)CCCCN(C)C. The van der Waals surface area contributed by atoms with Crippen LogP contribution >= 0.6 is 0 Å². The molecular formula is C15H33N3O2. The molecule has 0 bridgehead atoms. The summed E-state index contributed by atoms with van der Waals surface area (Å²) in [6.07, 6.45) is 4.12. The van der Waals surface area contributed by atoms with Crippen molar-refractivity contribution in [1.82, 2.24) is 14.7 Å². The van der Waals surface area contributed by atoms with Gasteiger partial charge in [-0.3, -0.25) is 0 Å². The topological polar surface area (TPSA) is 36.0 Å². The Morgan fingerprint density at radius 2 is 1.20 bits per heavy atom. The molecule has 0 radical (unpaired) electrons. The van der Waals surface area contributed by atoms with E-state index in [9.17, 15) is 4.79 Å². The number of carbonyl (C=O) groups is 1. The zero-order chi connectivity index (χ0) is 15.4. The molecule has 0 N–H and O–H groups in total. The van der Waals surface area contributed by atoms with Crippen LogP contribution in [0.3, 0.4) is 0 Å². The Kier molecular flexibility index (Phi) is 11.5. The van der Waals surface area contributed by atoms with Crippen molar-refractivity contribution in [3.63, 3.8) is 0 Å². The van der Waals surface area contributed by atoms with Crippen molar-refractivity contribution in [2.75, 3.05) is 61.0 Å². The lowest BCUT2D eigenvalue weighted by Crippen LogP contribution is -2.34. The number of nitrogens with zero attached hydrogens (tertiary/aromatic N) is 3. The second-order valence-electron chi connectivity index (χ2n) is 5.71. The van der Waals surface area contributed by atoms with E-state index in [4.69, 9.17) is 4.74 Å². The number of hydrogen-bond acceptors (Lipinski definition) is 4. The molecule has 0 aliphatic carbocycles. The van der Waals surface area contributed by atoms with Crippen LogP contribution in [0.25, 0.3) is 0 Å². The lowest BCUT2D eigenvalue weighted by molar-refractivity contribution is 0.105. The predicted octanol–water partition coefficient (Wildman–Crippen LogP) is 2.13. The fourth-order valence-corrected chi connectivity index (χ4v) is 1.97. The van der Waals surface area contributed by atoms with Gasteiger partial charge in [0.2, 0.25) is 0 Å². The van der Waals surface area contributed by atoms with Crippen molar-refractivity contribution >= 4 is 6.09 Å². The molecule has 0 aliphatic rings. The molecule has 0 aromatic heterocycles. The van der Waals surface area contributed by atoms with Crippen molar-refractivity contribution in [2.45, 2.75) is 32.6 Å². The summed E-state index contributed by atoms with van der Waals surface area (Å²) in [6.45, 7) is 6.04. The summed E-state index contributed by atoms with van der Waals surface area (Å²) in [6, 6.07) is 0. The fraction of sp³-hybridized carbons (Fsp3) is 0.933. The van der Waals surface area contributed by atoms with Crippen LogP contribution in [0.1, 0.15) is 32.6 Å². The van der Waals surface area contributed by atoms with Gasteiger partial charge in [0, 0.05) is 13.1 Å². The third-order valence-corrected chi connectivity index (χ3v) is 3.09. The summed E-state index contributed by atoms with van der Waals surface area (Å²) in [4.78, 5) is 18.1. The van der Waals surface area contributed by atoms with Gasteiger partial charge in [-0.1, -0.05) is 0 Å². The van der Waals surface area contributed by atoms with E-state index in [0.717, 1.165) is 51.9 Å². The Morgan fingerprint density at radius 1 is 0.800 bits per heavy atom. The molecule has 0 saturated heterocycles. The zero-order valence-electron chi connectivity index (χ0n) is 14.0. The molecule has 5 heteroatoms. The van der Waals surface area contributed by atoms with Crippen LogP contribution in [0.5, 0.6) is 0 Å². The van der Waals surface area contributed by atoms with Crippen LogP contribution in [0.4, 0.5) is 4.79 Å². The van der Waals surface area contributed by atoms with Gasteiger partial charge >= 0.3 is 6.09 Å². The molecule has 0 rings (SSSR count). The average molecular weight is 287 g/mol. The van der Waals surface area contributed by atoms with Gasteiger partial charge in [-0.25, -0.2) is 4.79 Å². The van der Waals surface area contributed by atoms with Crippen LogP contribution in [-0.2, 0) is 4.74 Å². The van der Waals surface area contributed by atoms with Crippen molar-refractivity contribution in [1.29, 1.82) is 0 Å². The van der Waals surface area contributed by atoms with Crippen LogP contribution in [0.15, 0.2) is 0 Å². The van der Waals surface area contributed by atoms with Crippen molar-refractivity contribution in [3.8, 4) is 0 Å². The lowest BCUT2D eigenvalue weighted by atomic mass is 10.2. The number of carbonyl (C=O) groups excluding carboxylic acids is 1. The van der Waals surface area contributed by atoms with E-state index in [2.05, 4.69) is 38.0 Å². The van der Waals surface area contributed by atoms with E-state index in [1.54, 1.807) is 0 Å². The summed E-state index contributed by atoms with van der Waals surface area (Å²) in [5.41, 5.74) is 0. The standard InChI is InChI=1S/C15H33N3O2/c1-6-20-15(19)18(13-9-7-11-16(2)3)14-10-8-12-17(4)5/h6-14H2,1-5H3. The Morgan fingerprint density at radius 3 is 1.55 bits per heavy atom. The maximum absolute atomic E-state index is 11.9. The average Bonchev–Trinajstić information content (AvgIpc) is 2.36. The lowest BCUT2D eigenvalue weighted by Gasteiger charge is -2.22. The molecular weight excluding hydrogens is 254 g/mol. The first kappa shape index (κ1) is 19.2. The van der Waals surface area contributed by atoms with Gasteiger partial charge < -0.3 is 19.4 Å². The summed E-state index contributed by atoms with van der Waals surface area (Å²) >= 11 is 0. The summed E-state index contributed by atoms with van der Waals surface area (Å²) in [5.74, 6) is 0. The molecule has 0 atom stereocenters. The van der Waals surface area contributed by atoms with Crippen molar-refractivity contribution in [2.24, 2.45) is 0 Å². The minimum atomic E-state index is -0.165. The van der Waals surface area contributed by atoms with Crippen LogP contribution in [-0.4, -0.2) is 81.8 Å². The van der Waals surface area contributed by atoms with Gasteiger partial charge in [0.15, 0.2) is 0 Å². The first-order valence-corrected chi connectivity index (χ1v) is 7.68. The highest BCUT2D eigenvalue weighted by Crippen LogP contribution is 2.03. The van der Waals surface area contributed by atoms with Crippen LogP contribution in [0.2, 0.25) is 0 Å². The maximum Gasteiger partial charge on any atom is 0.409 e. The predicted molar refractivity (Wildman–Crippen MR) is 84.2 cm³/mol. The van der Waals surface area contributed by atoms with Gasteiger partial charge in [-0.2, -0.15) is 0 Å². The second-order valence-corrected chi connectivity index (χ2v) is 5.71. The molecule has 0 fully saturated rings. The largest absolute Gasteiger partial charge is 0.450 e. The molecule has 0 aliphatic heterocycles. The number of hydrogen-bond donors (Lipinski definition) is 0. The minimum Gasteiger partial charge on any atom is -0.450 e. The minimum absolute atomic E-state index is 0.165. The summed E-state index contributed by atoms with van der Waals surface area (Å²) in [7, 11) is 8.30. The number of rotatable bonds is 11. The smallest absolute Gasteiger partial charge is 0.409 e. The molecule has 0 heterocycles. The quantitative estimate of drug-likeness (QED) is 0.545.